The lowest BCUT2D eigenvalue weighted by molar-refractivity contribution is 0.196. The van der Waals surface area contributed by atoms with Crippen LogP contribution in [0.15, 0.2) is 0 Å². The molecule has 3 heteroatoms. The Balaban J connectivity index is 2.23. The molecule has 14 heavy (non-hydrogen) atoms. The van der Waals surface area contributed by atoms with Crippen LogP contribution in [0.2, 0.25) is 0 Å². The van der Waals surface area contributed by atoms with E-state index in [9.17, 15) is 0 Å². The van der Waals surface area contributed by atoms with Crippen LogP contribution in [0.4, 0.5) is 0 Å². The third-order valence-electron chi connectivity index (χ3n) is 3.07. The number of halogens is 1. The van der Waals surface area contributed by atoms with E-state index in [0.29, 0.717) is 11.4 Å². The van der Waals surface area contributed by atoms with Gasteiger partial charge in [-0.25, -0.2) is 0 Å². The molecule has 0 N–H and O–H groups in total. The molecule has 2 atom stereocenters. The second-order valence-corrected chi connectivity index (χ2v) is 5.74. The fourth-order valence-electron chi connectivity index (χ4n) is 2.19. The lowest BCUT2D eigenvalue weighted by atomic mass is 9.94. The van der Waals surface area contributed by atoms with Gasteiger partial charge in [-0.3, -0.25) is 0 Å². The van der Waals surface area contributed by atoms with Crippen molar-refractivity contribution in [1.82, 2.24) is 4.90 Å². The van der Waals surface area contributed by atoms with Gasteiger partial charge in [0.2, 0.25) is 0 Å². The summed E-state index contributed by atoms with van der Waals surface area (Å²) in [5.41, 5.74) is 0. The summed E-state index contributed by atoms with van der Waals surface area (Å²) in [6.45, 7) is 1.20. The summed E-state index contributed by atoms with van der Waals surface area (Å²) in [6, 6.07) is 0.632. The van der Waals surface area contributed by atoms with E-state index < -0.39 is 0 Å². The summed E-state index contributed by atoms with van der Waals surface area (Å²) in [7, 11) is 2.23. The average Bonchev–Trinajstić information content (AvgIpc) is 2.18. The van der Waals surface area contributed by atoms with E-state index in [1.807, 2.05) is 11.8 Å². The van der Waals surface area contributed by atoms with Crippen molar-refractivity contribution in [2.75, 3.05) is 25.6 Å². The maximum Gasteiger partial charge on any atom is 0.0491 e. The molecule has 0 amide bonds. The number of hydrogen-bond acceptors (Lipinski definition) is 2. The molecule has 1 aliphatic carbocycles. The normalized spacial score (nSPS) is 28.3. The van der Waals surface area contributed by atoms with Crippen LogP contribution in [0.3, 0.4) is 0 Å². The Kier molecular flexibility index (Phi) is 6.31. The molecule has 0 aromatic heterocycles. The highest BCUT2D eigenvalue weighted by molar-refractivity contribution is 7.98. The summed E-state index contributed by atoms with van der Waals surface area (Å²) < 4.78 is 0. The zero-order valence-electron chi connectivity index (χ0n) is 9.34. The van der Waals surface area contributed by atoms with Crippen molar-refractivity contribution in [3.05, 3.63) is 0 Å². The highest BCUT2D eigenvalue weighted by atomic mass is 35.5. The predicted octanol–water partition coefficient (Wildman–Crippen LogP) is 3.22. The van der Waals surface area contributed by atoms with Gasteiger partial charge in [0.1, 0.15) is 0 Å². The van der Waals surface area contributed by atoms with Crippen LogP contribution < -0.4 is 0 Å². The van der Waals surface area contributed by atoms with Crippen LogP contribution in [-0.4, -0.2) is 41.9 Å². The van der Waals surface area contributed by atoms with Crippen molar-refractivity contribution in [2.45, 2.75) is 43.5 Å². The summed E-state index contributed by atoms with van der Waals surface area (Å²) >= 11 is 8.27. The molecule has 1 rings (SSSR count). The van der Waals surface area contributed by atoms with Crippen molar-refractivity contribution in [2.24, 2.45) is 0 Å². The van der Waals surface area contributed by atoms with Crippen LogP contribution in [0.1, 0.15) is 32.1 Å². The van der Waals surface area contributed by atoms with Gasteiger partial charge in [-0.2, -0.15) is 11.8 Å². The standard InChI is InChI=1S/C11H22ClNS/c1-13(8-5-9-14-2)11-7-4-3-6-10(11)12/h10-11H,3-9H2,1-2H3. The zero-order valence-corrected chi connectivity index (χ0v) is 10.9. The third-order valence-corrected chi connectivity index (χ3v) is 4.28. The monoisotopic (exact) mass is 235 g/mol. The van der Waals surface area contributed by atoms with Gasteiger partial charge in [-0.1, -0.05) is 12.8 Å². The predicted molar refractivity (Wildman–Crippen MR) is 67.5 cm³/mol. The molecule has 0 radical (unpaired) electrons. The topological polar surface area (TPSA) is 3.24 Å². The van der Waals surface area contributed by atoms with E-state index in [4.69, 9.17) is 11.6 Å². The highest BCUT2D eigenvalue weighted by Crippen LogP contribution is 2.26. The van der Waals surface area contributed by atoms with Gasteiger partial charge >= 0.3 is 0 Å². The Morgan fingerprint density at radius 2 is 2.07 bits per heavy atom. The minimum atomic E-state index is 0.392. The van der Waals surface area contributed by atoms with Gasteiger partial charge in [-0.15, -0.1) is 11.6 Å². The molecule has 1 nitrogen and oxygen atoms in total. The van der Waals surface area contributed by atoms with Crippen LogP contribution >= 0.6 is 23.4 Å². The molecule has 0 aliphatic heterocycles. The Morgan fingerprint density at radius 3 is 2.71 bits per heavy atom. The summed E-state index contributed by atoms with van der Waals surface area (Å²) in [5, 5.41) is 0.392. The minimum Gasteiger partial charge on any atom is -0.302 e. The molecule has 1 fully saturated rings. The Bertz CT molecular complexity index is 154. The minimum absolute atomic E-state index is 0.392. The largest absolute Gasteiger partial charge is 0.302 e. The smallest absolute Gasteiger partial charge is 0.0491 e. The summed E-state index contributed by atoms with van der Waals surface area (Å²) in [5.74, 6) is 1.27. The van der Waals surface area contributed by atoms with Gasteiger partial charge in [0, 0.05) is 11.4 Å². The van der Waals surface area contributed by atoms with E-state index in [2.05, 4.69) is 18.2 Å². The highest BCUT2D eigenvalue weighted by Gasteiger charge is 2.25. The lowest BCUT2D eigenvalue weighted by Crippen LogP contribution is -2.41. The fraction of sp³-hybridized carbons (Fsp3) is 1.00. The molecule has 0 saturated heterocycles. The van der Waals surface area contributed by atoms with Gasteiger partial charge in [0.15, 0.2) is 0 Å². The van der Waals surface area contributed by atoms with E-state index in [1.54, 1.807) is 0 Å². The Hall–Kier alpha value is 0.600. The van der Waals surface area contributed by atoms with Gasteiger partial charge < -0.3 is 4.90 Å². The first-order valence-electron chi connectivity index (χ1n) is 5.59. The summed E-state index contributed by atoms with van der Waals surface area (Å²) in [6.07, 6.45) is 8.65. The van der Waals surface area contributed by atoms with Crippen molar-refractivity contribution >= 4 is 23.4 Å². The van der Waals surface area contributed by atoms with E-state index in [0.717, 1.165) is 0 Å². The molecular formula is C11H22ClNS. The lowest BCUT2D eigenvalue weighted by Gasteiger charge is -2.34. The van der Waals surface area contributed by atoms with Crippen molar-refractivity contribution in [3.8, 4) is 0 Å². The molecule has 1 saturated carbocycles. The van der Waals surface area contributed by atoms with Crippen LogP contribution in [0.25, 0.3) is 0 Å². The first-order chi connectivity index (χ1) is 6.75. The second-order valence-electron chi connectivity index (χ2n) is 4.19. The van der Waals surface area contributed by atoms with E-state index >= 15 is 0 Å². The molecule has 0 aromatic rings. The van der Waals surface area contributed by atoms with Crippen LogP contribution in [0, 0.1) is 0 Å². The summed E-state index contributed by atoms with van der Waals surface area (Å²) in [4.78, 5) is 2.47. The quantitative estimate of drug-likeness (QED) is 0.532. The third kappa shape index (κ3) is 4.00. The van der Waals surface area contributed by atoms with Gasteiger partial charge in [-0.05, 0) is 44.9 Å². The number of alkyl halides is 1. The second kappa shape index (κ2) is 6.97. The van der Waals surface area contributed by atoms with Gasteiger partial charge in [0.05, 0.1) is 0 Å². The SMILES string of the molecule is CSCCCN(C)C1CCCCC1Cl. The Morgan fingerprint density at radius 1 is 1.36 bits per heavy atom. The maximum absolute atomic E-state index is 6.34. The van der Waals surface area contributed by atoms with Crippen molar-refractivity contribution in [1.29, 1.82) is 0 Å². The average molecular weight is 236 g/mol. The van der Waals surface area contributed by atoms with E-state index in [-0.39, 0.29) is 0 Å². The molecule has 0 bridgehead atoms. The zero-order chi connectivity index (χ0) is 10.4. The number of hydrogen-bond donors (Lipinski definition) is 0. The molecule has 1 aliphatic rings. The number of thioether (sulfide) groups is 1. The first kappa shape index (κ1) is 12.7. The molecule has 0 spiro atoms. The number of nitrogens with zero attached hydrogens (tertiary/aromatic N) is 1. The van der Waals surface area contributed by atoms with Crippen molar-refractivity contribution < 1.29 is 0 Å². The molecule has 2 unspecified atom stereocenters. The first-order valence-corrected chi connectivity index (χ1v) is 7.42. The van der Waals surface area contributed by atoms with Gasteiger partial charge in [0.25, 0.3) is 0 Å². The van der Waals surface area contributed by atoms with Crippen LogP contribution in [-0.2, 0) is 0 Å². The molecule has 84 valence electrons. The van der Waals surface area contributed by atoms with Crippen molar-refractivity contribution in [3.63, 3.8) is 0 Å². The molecular weight excluding hydrogens is 214 g/mol. The van der Waals surface area contributed by atoms with E-state index in [1.165, 1.54) is 44.4 Å². The number of rotatable bonds is 5. The van der Waals surface area contributed by atoms with Crippen LogP contribution in [0.5, 0.6) is 0 Å². The maximum atomic E-state index is 6.34. The molecule has 0 heterocycles. The molecule has 0 aromatic carbocycles. The Labute approximate surface area is 97.6 Å². The fourth-order valence-corrected chi connectivity index (χ4v) is 3.08.